The number of carbonyl (C=O) groups excluding carboxylic acids is 1. The number of hydrogen-bond donors (Lipinski definition) is 1. The van der Waals surface area contributed by atoms with E-state index >= 15 is 0 Å². The van der Waals surface area contributed by atoms with Gasteiger partial charge in [-0.25, -0.2) is 14.4 Å². The molecule has 0 aliphatic heterocycles. The number of rotatable bonds is 5. The third-order valence-corrected chi connectivity index (χ3v) is 4.51. The first-order valence-electron chi connectivity index (χ1n) is 8.62. The molecule has 3 heterocycles. The number of aromatic nitrogens is 4. The number of benzene rings is 1. The van der Waals surface area contributed by atoms with Gasteiger partial charge in [-0.3, -0.25) is 4.79 Å². The minimum Gasteiger partial charge on any atom is -0.369 e. The lowest BCUT2D eigenvalue weighted by Crippen LogP contribution is -2.14. The molecule has 0 saturated heterocycles. The highest BCUT2D eigenvalue weighted by atomic mass is 19.1. The number of halogens is 1. The second-order valence-electron chi connectivity index (χ2n) is 6.27. The number of pyridine rings is 1. The van der Waals surface area contributed by atoms with Gasteiger partial charge < -0.3 is 14.7 Å². The minimum atomic E-state index is -0.409. The van der Waals surface area contributed by atoms with Crippen LogP contribution >= 0.6 is 0 Å². The van der Waals surface area contributed by atoms with Crippen LogP contribution in [0.4, 0.5) is 4.39 Å². The maximum Gasteiger partial charge on any atom is 0.223 e. The second kappa shape index (κ2) is 6.68. The van der Waals surface area contributed by atoms with Crippen LogP contribution in [0.2, 0.25) is 0 Å². The third-order valence-electron chi connectivity index (χ3n) is 4.51. The molecule has 4 rings (SSSR count). The Morgan fingerprint density at radius 1 is 1.11 bits per heavy atom. The van der Waals surface area contributed by atoms with E-state index in [9.17, 15) is 9.18 Å². The van der Waals surface area contributed by atoms with E-state index in [1.54, 1.807) is 24.7 Å². The Morgan fingerprint density at radius 3 is 2.56 bits per heavy atom. The van der Waals surface area contributed by atoms with Crippen molar-refractivity contribution in [1.82, 2.24) is 18.9 Å². The summed E-state index contributed by atoms with van der Waals surface area (Å²) >= 11 is 0. The van der Waals surface area contributed by atoms with E-state index in [1.807, 2.05) is 34.2 Å². The van der Waals surface area contributed by atoms with E-state index in [-0.39, 0.29) is 12.2 Å². The lowest BCUT2D eigenvalue weighted by molar-refractivity contribution is -0.117. The maximum absolute atomic E-state index is 13.3. The number of nitrogens with two attached hydrogens (primary N) is 1. The summed E-state index contributed by atoms with van der Waals surface area (Å²) in [5.41, 5.74) is 10.3. The highest BCUT2D eigenvalue weighted by molar-refractivity contribution is 5.79. The van der Waals surface area contributed by atoms with Crippen molar-refractivity contribution >= 4 is 11.6 Å². The zero-order valence-corrected chi connectivity index (χ0v) is 14.8. The van der Waals surface area contributed by atoms with Crippen molar-refractivity contribution in [3.63, 3.8) is 0 Å². The van der Waals surface area contributed by atoms with Gasteiger partial charge >= 0.3 is 0 Å². The zero-order chi connectivity index (χ0) is 19.0. The van der Waals surface area contributed by atoms with Crippen LogP contribution < -0.4 is 5.73 Å². The number of hydrogen-bond acceptors (Lipinski definition) is 3. The van der Waals surface area contributed by atoms with Gasteiger partial charge in [-0.1, -0.05) is 0 Å². The first-order chi connectivity index (χ1) is 13.1. The maximum atomic E-state index is 13.3. The number of aryl methyl sites for hydroxylation is 1. The van der Waals surface area contributed by atoms with E-state index in [2.05, 4.69) is 9.97 Å². The summed E-state index contributed by atoms with van der Waals surface area (Å²) in [6.07, 6.45) is 5.47. The molecule has 0 aliphatic rings. The Labute approximate surface area is 155 Å². The predicted octanol–water partition coefficient (Wildman–Crippen LogP) is 3.05. The van der Waals surface area contributed by atoms with Crippen LogP contribution in [0, 0.1) is 5.82 Å². The molecule has 0 radical (unpaired) electrons. The van der Waals surface area contributed by atoms with Gasteiger partial charge in [-0.15, -0.1) is 0 Å². The van der Waals surface area contributed by atoms with Crippen molar-refractivity contribution in [3.05, 3.63) is 66.6 Å². The van der Waals surface area contributed by atoms with Crippen LogP contribution in [0.1, 0.15) is 12.6 Å². The van der Waals surface area contributed by atoms with Crippen molar-refractivity contribution in [2.24, 2.45) is 5.73 Å². The molecule has 0 bridgehead atoms. The number of primary amides is 1. The predicted molar refractivity (Wildman–Crippen MR) is 100 cm³/mol. The summed E-state index contributed by atoms with van der Waals surface area (Å²) < 4.78 is 17.2. The summed E-state index contributed by atoms with van der Waals surface area (Å²) in [6, 6.07) is 10.1. The number of imidazole rings is 2. The average molecular weight is 363 g/mol. The summed E-state index contributed by atoms with van der Waals surface area (Å²) in [6.45, 7) is 2.77. The van der Waals surface area contributed by atoms with Gasteiger partial charge in [0.25, 0.3) is 0 Å². The smallest absolute Gasteiger partial charge is 0.223 e. The van der Waals surface area contributed by atoms with Crippen molar-refractivity contribution in [3.8, 4) is 22.5 Å². The van der Waals surface area contributed by atoms with Gasteiger partial charge in [0.15, 0.2) is 0 Å². The summed E-state index contributed by atoms with van der Waals surface area (Å²) in [5, 5.41) is 0. The van der Waals surface area contributed by atoms with E-state index in [1.165, 1.54) is 12.1 Å². The fourth-order valence-electron chi connectivity index (χ4n) is 3.22. The summed E-state index contributed by atoms with van der Waals surface area (Å²) in [4.78, 5) is 20.2. The fourth-order valence-corrected chi connectivity index (χ4v) is 3.22. The normalized spacial score (nSPS) is 11.2. The zero-order valence-electron chi connectivity index (χ0n) is 14.8. The second-order valence-corrected chi connectivity index (χ2v) is 6.27. The lowest BCUT2D eigenvalue weighted by atomic mass is 10.1. The molecule has 0 atom stereocenters. The standard InChI is InChI=1S/C20H18FN5O/c1-2-25-12-24-19(13-3-6-15(21)7-4-13)20(25)14-5-8-18-23-10-16(9-17(22)27)26(18)11-14/h3-8,10-12H,2,9H2,1H3,(H2,22,27). The Kier molecular flexibility index (Phi) is 4.19. The van der Waals surface area contributed by atoms with Crippen LogP contribution in [-0.4, -0.2) is 24.8 Å². The number of fused-ring (bicyclic) bond motifs is 1. The van der Waals surface area contributed by atoms with Gasteiger partial charge in [-0.2, -0.15) is 0 Å². The van der Waals surface area contributed by atoms with Gasteiger partial charge in [-0.05, 0) is 43.3 Å². The van der Waals surface area contributed by atoms with Crippen LogP contribution in [0.5, 0.6) is 0 Å². The molecule has 1 amide bonds. The average Bonchev–Trinajstić information content (AvgIpc) is 3.26. The molecular weight excluding hydrogens is 345 g/mol. The molecular formula is C20H18FN5O. The molecule has 7 heteroatoms. The molecule has 0 saturated carbocycles. The van der Waals surface area contributed by atoms with E-state index in [0.29, 0.717) is 0 Å². The molecule has 4 aromatic rings. The quantitative estimate of drug-likeness (QED) is 0.592. The van der Waals surface area contributed by atoms with Crippen molar-refractivity contribution in [2.45, 2.75) is 19.9 Å². The Balaban J connectivity index is 1.88. The van der Waals surface area contributed by atoms with Crippen molar-refractivity contribution < 1.29 is 9.18 Å². The SMILES string of the molecule is CCn1cnc(-c2ccc(F)cc2)c1-c1ccc2ncc(CC(N)=O)n2c1. The molecule has 6 nitrogen and oxygen atoms in total. The Hall–Kier alpha value is -3.48. The van der Waals surface area contributed by atoms with E-state index in [4.69, 9.17) is 5.73 Å². The highest BCUT2D eigenvalue weighted by Crippen LogP contribution is 2.31. The fraction of sp³-hybridized carbons (Fsp3) is 0.150. The molecule has 27 heavy (non-hydrogen) atoms. The largest absolute Gasteiger partial charge is 0.369 e. The summed E-state index contributed by atoms with van der Waals surface area (Å²) in [7, 11) is 0. The third kappa shape index (κ3) is 3.08. The molecule has 3 aromatic heterocycles. The number of amides is 1. The van der Waals surface area contributed by atoms with Crippen LogP contribution in [0.15, 0.2) is 55.1 Å². The van der Waals surface area contributed by atoms with Crippen molar-refractivity contribution in [2.75, 3.05) is 0 Å². The molecule has 1 aromatic carbocycles. The molecule has 0 aliphatic carbocycles. The first-order valence-corrected chi connectivity index (χ1v) is 8.62. The molecule has 136 valence electrons. The van der Waals surface area contributed by atoms with Gasteiger partial charge in [0.05, 0.1) is 29.8 Å². The van der Waals surface area contributed by atoms with Gasteiger partial charge in [0.2, 0.25) is 5.91 Å². The van der Waals surface area contributed by atoms with Crippen LogP contribution in [-0.2, 0) is 17.8 Å². The highest BCUT2D eigenvalue weighted by Gasteiger charge is 2.16. The molecule has 0 fully saturated rings. The Morgan fingerprint density at radius 2 is 1.85 bits per heavy atom. The monoisotopic (exact) mass is 363 g/mol. The number of nitrogens with zero attached hydrogens (tertiary/aromatic N) is 4. The molecule has 2 N–H and O–H groups in total. The van der Waals surface area contributed by atoms with Crippen LogP contribution in [0.25, 0.3) is 28.2 Å². The van der Waals surface area contributed by atoms with E-state index < -0.39 is 5.91 Å². The van der Waals surface area contributed by atoms with Crippen molar-refractivity contribution in [1.29, 1.82) is 0 Å². The minimum absolute atomic E-state index is 0.114. The topological polar surface area (TPSA) is 78.2 Å². The molecule has 0 spiro atoms. The first kappa shape index (κ1) is 17.0. The van der Waals surface area contributed by atoms with Crippen LogP contribution in [0.3, 0.4) is 0 Å². The van der Waals surface area contributed by atoms with Gasteiger partial charge in [0, 0.05) is 30.1 Å². The van der Waals surface area contributed by atoms with Gasteiger partial charge in [0.1, 0.15) is 11.5 Å². The Bertz CT molecular complexity index is 1130. The van der Waals surface area contributed by atoms with E-state index in [0.717, 1.165) is 40.4 Å². The lowest BCUT2D eigenvalue weighted by Gasteiger charge is -2.10. The number of carbonyl (C=O) groups is 1. The summed E-state index contributed by atoms with van der Waals surface area (Å²) in [5.74, 6) is -0.695. The molecule has 0 unspecified atom stereocenters.